The highest BCUT2D eigenvalue weighted by Gasteiger charge is 2.34. The maximum atomic E-state index is 12.0. The fraction of sp³-hybridized carbons (Fsp3) is 0.500. The number of rotatable bonds is 7. The van der Waals surface area contributed by atoms with Gasteiger partial charge in [0.1, 0.15) is 6.17 Å². The summed E-state index contributed by atoms with van der Waals surface area (Å²) in [4.78, 5) is 12.0. The third-order valence-corrected chi connectivity index (χ3v) is 4.18. The molecule has 0 saturated carbocycles. The molecule has 3 N–H and O–H groups in total. The minimum atomic E-state index is -1.74. The van der Waals surface area contributed by atoms with Crippen LogP contribution in [0.5, 0.6) is 0 Å². The summed E-state index contributed by atoms with van der Waals surface area (Å²) in [6, 6.07) is 7.65. The lowest BCUT2D eigenvalue weighted by Crippen LogP contribution is -2.56. The smallest absolute Gasteiger partial charge is 0.228 e. The lowest BCUT2D eigenvalue weighted by atomic mass is 10.2. The number of amides is 1. The molecule has 4 nitrogen and oxygen atoms in total. The average Bonchev–Trinajstić information content (AvgIpc) is 2.48. The number of benzene rings is 1. The van der Waals surface area contributed by atoms with Gasteiger partial charge in [0.2, 0.25) is 9.70 Å². The van der Waals surface area contributed by atoms with Crippen molar-refractivity contribution in [3.8, 4) is 0 Å². The Bertz CT molecular complexity index is 564. The van der Waals surface area contributed by atoms with Crippen molar-refractivity contribution in [2.45, 2.75) is 49.5 Å². The van der Waals surface area contributed by atoms with Gasteiger partial charge in [-0.25, -0.2) is 0 Å². The summed E-state index contributed by atoms with van der Waals surface area (Å²) in [5.41, 5.74) is 1.86. The second-order valence-corrected chi connectivity index (χ2v) is 8.19. The van der Waals surface area contributed by atoms with Crippen molar-refractivity contribution in [1.29, 1.82) is 0 Å². The summed E-state index contributed by atoms with van der Waals surface area (Å²) in [6.07, 6.45) is 2.25. The molecule has 8 heteroatoms. The molecule has 1 amide bonds. The number of thiocarbonyl (C=S) groups is 1. The third-order valence-electron chi connectivity index (χ3n) is 3.31. The van der Waals surface area contributed by atoms with E-state index in [4.69, 9.17) is 47.0 Å². The normalized spacial score (nSPS) is 12.4. The number of para-hydroxylation sites is 1. The minimum absolute atomic E-state index is 0.189. The van der Waals surface area contributed by atoms with Crippen LogP contribution in [0.2, 0.25) is 0 Å². The summed E-state index contributed by atoms with van der Waals surface area (Å²) in [6.45, 7) is 4.02. The van der Waals surface area contributed by atoms with E-state index in [0.29, 0.717) is 6.42 Å². The van der Waals surface area contributed by atoms with Crippen LogP contribution in [0.1, 0.15) is 38.2 Å². The molecule has 24 heavy (non-hydrogen) atoms. The molecule has 0 aliphatic carbocycles. The van der Waals surface area contributed by atoms with Gasteiger partial charge in [-0.3, -0.25) is 4.79 Å². The zero-order valence-electron chi connectivity index (χ0n) is 13.7. The fourth-order valence-corrected chi connectivity index (χ4v) is 2.53. The summed E-state index contributed by atoms with van der Waals surface area (Å²) in [5, 5.41) is 8.81. The van der Waals surface area contributed by atoms with E-state index in [1.165, 1.54) is 0 Å². The Morgan fingerprint density at radius 1 is 1.21 bits per heavy atom. The molecule has 0 aliphatic rings. The van der Waals surface area contributed by atoms with E-state index in [1.54, 1.807) is 0 Å². The van der Waals surface area contributed by atoms with Gasteiger partial charge in [0, 0.05) is 12.1 Å². The number of carbonyl (C=O) groups is 1. The highest BCUT2D eigenvalue weighted by atomic mass is 35.6. The van der Waals surface area contributed by atoms with Gasteiger partial charge in [0.15, 0.2) is 5.11 Å². The molecule has 0 bridgehead atoms. The van der Waals surface area contributed by atoms with Crippen LogP contribution < -0.4 is 16.0 Å². The number of hydrogen-bond acceptors (Lipinski definition) is 2. The van der Waals surface area contributed by atoms with Crippen molar-refractivity contribution in [3.63, 3.8) is 0 Å². The van der Waals surface area contributed by atoms with Crippen molar-refractivity contribution in [2.24, 2.45) is 0 Å². The molecule has 1 aromatic carbocycles. The Morgan fingerprint density at radius 2 is 1.88 bits per heavy atom. The van der Waals surface area contributed by atoms with Gasteiger partial charge in [0.05, 0.1) is 0 Å². The van der Waals surface area contributed by atoms with Crippen LogP contribution in [0.15, 0.2) is 24.3 Å². The molecule has 0 aromatic heterocycles. The first kappa shape index (κ1) is 21.3. The highest BCUT2D eigenvalue weighted by molar-refractivity contribution is 7.80. The van der Waals surface area contributed by atoms with Gasteiger partial charge in [-0.1, -0.05) is 72.8 Å². The first-order valence-corrected chi connectivity index (χ1v) is 9.27. The van der Waals surface area contributed by atoms with Crippen LogP contribution >= 0.6 is 47.0 Å². The van der Waals surface area contributed by atoms with Crippen LogP contribution in [-0.2, 0) is 4.79 Å². The second kappa shape index (κ2) is 10.3. The van der Waals surface area contributed by atoms with Crippen molar-refractivity contribution >= 4 is 63.7 Å². The lowest BCUT2D eigenvalue weighted by Gasteiger charge is -2.28. The number of halogens is 3. The number of carbonyl (C=O) groups excluding carboxylic acids is 1. The van der Waals surface area contributed by atoms with E-state index >= 15 is 0 Å². The first-order chi connectivity index (χ1) is 11.2. The van der Waals surface area contributed by atoms with E-state index in [1.807, 2.05) is 31.2 Å². The molecule has 0 radical (unpaired) electrons. The van der Waals surface area contributed by atoms with Crippen LogP contribution in [0, 0.1) is 6.92 Å². The topological polar surface area (TPSA) is 53.2 Å². The largest absolute Gasteiger partial charge is 0.339 e. The Hall–Kier alpha value is -0.750. The van der Waals surface area contributed by atoms with Crippen molar-refractivity contribution < 1.29 is 4.79 Å². The molecule has 1 unspecified atom stereocenters. The Balaban J connectivity index is 2.64. The summed E-state index contributed by atoms with van der Waals surface area (Å²) in [5.74, 6) is -0.189. The molecule has 0 saturated heterocycles. The molecule has 134 valence electrons. The van der Waals surface area contributed by atoms with E-state index in [0.717, 1.165) is 30.5 Å². The summed E-state index contributed by atoms with van der Waals surface area (Å²) >= 11 is 23.1. The van der Waals surface area contributed by atoms with Gasteiger partial charge < -0.3 is 16.0 Å². The van der Waals surface area contributed by atoms with Crippen LogP contribution in [0.3, 0.4) is 0 Å². The molecule has 1 aromatic rings. The molecule has 1 rings (SSSR count). The van der Waals surface area contributed by atoms with Gasteiger partial charge in [-0.2, -0.15) is 0 Å². The molecular formula is C16H22Cl3N3OS. The van der Waals surface area contributed by atoms with Crippen LogP contribution in [0.4, 0.5) is 5.69 Å². The fourth-order valence-electron chi connectivity index (χ4n) is 1.97. The summed E-state index contributed by atoms with van der Waals surface area (Å²) in [7, 11) is 0. The average molecular weight is 411 g/mol. The Labute approximate surface area is 163 Å². The highest BCUT2D eigenvalue weighted by Crippen LogP contribution is 2.29. The minimum Gasteiger partial charge on any atom is -0.339 e. The van der Waals surface area contributed by atoms with Crippen molar-refractivity contribution in [2.75, 3.05) is 5.32 Å². The number of hydrogen-bond donors (Lipinski definition) is 3. The molecular weight excluding hydrogens is 389 g/mol. The third kappa shape index (κ3) is 7.88. The van der Waals surface area contributed by atoms with Crippen molar-refractivity contribution in [3.05, 3.63) is 29.8 Å². The molecule has 0 aliphatic heterocycles. The standard InChI is InChI=1S/C16H22Cl3N3OS/c1-3-4-5-10-13(23)21-14(16(17,18)19)22-15(24)20-12-9-7-6-8-11(12)2/h6-9,14H,3-5,10H2,1-2H3,(H,21,23)(H2,20,22,24). The molecule has 0 heterocycles. The SMILES string of the molecule is CCCCCC(=O)NC(NC(=S)Nc1ccccc1C)C(Cl)(Cl)Cl. The van der Waals surface area contributed by atoms with Crippen LogP contribution in [0.25, 0.3) is 0 Å². The van der Waals surface area contributed by atoms with E-state index in [9.17, 15) is 4.79 Å². The number of unbranched alkanes of at least 4 members (excludes halogenated alkanes) is 2. The van der Waals surface area contributed by atoms with Gasteiger partial charge in [-0.05, 0) is 37.2 Å². The second-order valence-electron chi connectivity index (χ2n) is 5.41. The Morgan fingerprint density at radius 3 is 2.46 bits per heavy atom. The number of aryl methyl sites for hydroxylation is 1. The van der Waals surface area contributed by atoms with Gasteiger partial charge in [0.25, 0.3) is 0 Å². The molecule has 1 atom stereocenters. The molecule has 0 spiro atoms. The number of nitrogens with one attached hydrogen (secondary N) is 3. The quantitative estimate of drug-likeness (QED) is 0.264. The first-order valence-electron chi connectivity index (χ1n) is 7.73. The predicted molar refractivity (Wildman–Crippen MR) is 107 cm³/mol. The van der Waals surface area contributed by atoms with E-state index < -0.39 is 9.96 Å². The zero-order chi connectivity index (χ0) is 18.2. The summed E-state index contributed by atoms with van der Waals surface area (Å²) < 4.78 is -1.74. The number of anilines is 1. The van der Waals surface area contributed by atoms with Crippen LogP contribution in [-0.4, -0.2) is 21.0 Å². The van der Waals surface area contributed by atoms with Gasteiger partial charge >= 0.3 is 0 Å². The number of alkyl halides is 3. The zero-order valence-corrected chi connectivity index (χ0v) is 16.7. The maximum absolute atomic E-state index is 12.0. The Kier molecular flexibility index (Phi) is 9.13. The van der Waals surface area contributed by atoms with Crippen molar-refractivity contribution in [1.82, 2.24) is 10.6 Å². The van der Waals surface area contributed by atoms with E-state index in [2.05, 4.69) is 22.9 Å². The lowest BCUT2D eigenvalue weighted by molar-refractivity contribution is -0.122. The molecule has 0 fully saturated rings. The van der Waals surface area contributed by atoms with E-state index in [-0.39, 0.29) is 11.0 Å². The monoisotopic (exact) mass is 409 g/mol. The van der Waals surface area contributed by atoms with Gasteiger partial charge in [-0.15, -0.1) is 0 Å². The maximum Gasteiger partial charge on any atom is 0.228 e. The predicted octanol–water partition coefficient (Wildman–Crippen LogP) is 4.67.